The van der Waals surface area contributed by atoms with E-state index in [-0.39, 0.29) is 0 Å². The summed E-state index contributed by atoms with van der Waals surface area (Å²) >= 11 is 0. The highest BCUT2D eigenvalue weighted by atomic mass is 16.5. The standard InChI is InChI=1S/C17H34O/c1-9-11-18-14-17(10-2,12-15(3,4)5)13-16(6,7)8/h9H,1,10-14H2,2-8H3. The van der Waals surface area contributed by atoms with Crippen LogP contribution in [0, 0.1) is 16.2 Å². The molecular formula is C17H34O. The van der Waals surface area contributed by atoms with Gasteiger partial charge in [0, 0.05) is 0 Å². The van der Waals surface area contributed by atoms with Gasteiger partial charge in [-0.1, -0.05) is 54.5 Å². The average molecular weight is 254 g/mol. The molecule has 18 heavy (non-hydrogen) atoms. The summed E-state index contributed by atoms with van der Waals surface area (Å²) in [6, 6.07) is 0. The Morgan fingerprint density at radius 2 is 1.39 bits per heavy atom. The highest BCUT2D eigenvalue weighted by Crippen LogP contribution is 2.44. The van der Waals surface area contributed by atoms with Crippen molar-refractivity contribution in [2.24, 2.45) is 16.2 Å². The molecule has 108 valence electrons. The second-order valence-corrected chi connectivity index (χ2v) is 8.13. The van der Waals surface area contributed by atoms with Crippen molar-refractivity contribution in [3.05, 3.63) is 12.7 Å². The third-order valence-corrected chi connectivity index (χ3v) is 3.20. The van der Waals surface area contributed by atoms with Crippen molar-refractivity contribution in [1.29, 1.82) is 0 Å². The third kappa shape index (κ3) is 7.92. The van der Waals surface area contributed by atoms with Gasteiger partial charge in [-0.2, -0.15) is 0 Å². The summed E-state index contributed by atoms with van der Waals surface area (Å²) in [5, 5.41) is 0. The zero-order valence-electron chi connectivity index (χ0n) is 13.7. The molecule has 0 atom stereocenters. The highest BCUT2D eigenvalue weighted by molar-refractivity contribution is 4.87. The minimum Gasteiger partial charge on any atom is -0.377 e. The molecule has 0 N–H and O–H groups in total. The first-order valence-electron chi connectivity index (χ1n) is 7.22. The van der Waals surface area contributed by atoms with Gasteiger partial charge in [-0.15, -0.1) is 6.58 Å². The quantitative estimate of drug-likeness (QED) is 0.433. The van der Waals surface area contributed by atoms with E-state index in [0.717, 1.165) is 6.61 Å². The maximum Gasteiger partial charge on any atom is 0.0645 e. The molecule has 1 heteroatoms. The second kappa shape index (κ2) is 6.75. The van der Waals surface area contributed by atoms with Gasteiger partial charge in [-0.3, -0.25) is 0 Å². The number of ether oxygens (including phenoxy) is 1. The third-order valence-electron chi connectivity index (χ3n) is 3.20. The molecule has 0 aromatic rings. The van der Waals surface area contributed by atoms with E-state index in [4.69, 9.17) is 4.74 Å². The molecule has 0 unspecified atom stereocenters. The lowest BCUT2D eigenvalue weighted by molar-refractivity contribution is -0.000100. The van der Waals surface area contributed by atoms with Crippen molar-refractivity contribution in [3.8, 4) is 0 Å². The summed E-state index contributed by atoms with van der Waals surface area (Å²) in [6.45, 7) is 21.5. The Morgan fingerprint density at radius 3 is 1.67 bits per heavy atom. The Balaban J connectivity index is 4.88. The van der Waals surface area contributed by atoms with Gasteiger partial charge in [0.1, 0.15) is 0 Å². The van der Waals surface area contributed by atoms with Crippen molar-refractivity contribution in [2.45, 2.75) is 67.7 Å². The summed E-state index contributed by atoms with van der Waals surface area (Å²) in [7, 11) is 0. The van der Waals surface area contributed by atoms with Crippen LogP contribution in [0.5, 0.6) is 0 Å². The van der Waals surface area contributed by atoms with Crippen LogP contribution in [-0.4, -0.2) is 13.2 Å². The first-order chi connectivity index (χ1) is 8.04. The zero-order valence-corrected chi connectivity index (χ0v) is 13.7. The van der Waals surface area contributed by atoms with Gasteiger partial charge < -0.3 is 4.74 Å². The molecule has 0 heterocycles. The van der Waals surface area contributed by atoms with Crippen LogP contribution in [0.1, 0.15) is 67.7 Å². The summed E-state index contributed by atoms with van der Waals surface area (Å²) in [5.74, 6) is 0. The highest BCUT2D eigenvalue weighted by Gasteiger charge is 2.36. The van der Waals surface area contributed by atoms with E-state index in [1.165, 1.54) is 19.3 Å². The molecule has 0 saturated heterocycles. The van der Waals surface area contributed by atoms with Crippen LogP contribution in [0.2, 0.25) is 0 Å². The lowest BCUT2D eigenvalue weighted by atomic mass is 9.65. The van der Waals surface area contributed by atoms with Crippen molar-refractivity contribution >= 4 is 0 Å². The predicted molar refractivity (Wildman–Crippen MR) is 81.9 cm³/mol. The predicted octanol–water partition coefficient (Wildman–Crippen LogP) is 5.46. The van der Waals surface area contributed by atoms with Crippen molar-refractivity contribution in [2.75, 3.05) is 13.2 Å². The van der Waals surface area contributed by atoms with Crippen LogP contribution in [0.25, 0.3) is 0 Å². The van der Waals surface area contributed by atoms with Gasteiger partial charge >= 0.3 is 0 Å². The molecule has 0 saturated carbocycles. The van der Waals surface area contributed by atoms with Gasteiger partial charge in [-0.25, -0.2) is 0 Å². The monoisotopic (exact) mass is 254 g/mol. The van der Waals surface area contributed by atoms with Crippen LogP contribution in [0.15, 0.2) is 12.7 Å². The lowest BCUT2D eigenvalue weighted by Crippen LogP contribution is -2.35. The van der Waals surface area contributed by atoms with Gasteiger partial charge in [0.25, 0.3) is 0 Å². The van der Waals surface area contributed by atoms with Gasteiger partial charge in [0.05, 0.1) is 13.2 Å². The Bertz CT molecular complexity index is 223. The fraction of sp³-hybridized carbons (Fsp3) is 0.882. The van der Waals surface area contributed by atoms with Crippen molar-refractivity contribution < 1.29 is 4.74 Å². The molecule has 0 aliphatic rings. The molecule has 0 fully saturated rings. The van der Waals surface area contributed by atoms with Gasteiger partial charge in [-0.05, 0) is 35.5 Å². The van der Waals surface area contributed by atoms with E-state index in [9.17, 15) is 0 Å². The van der Waals surface area contributed by atoms with Gasteiger partial charge in [0.2, 0.25) is 0 Å². The van der Waals surface area contributed by atoms with Crippen LogP contribution in [0.3, 0.4) is 0 Å². The minimum atomic E-state index is 0.291. The first-order valence-corrected chi connectivity index (χ1v) is 7.22. The molecule has 0 aromatic heterocycles. The van der Waals surface area contributed by atoms with Gasteiger partial charge in [0.15, 0.2) is 0 Å². The average Bonchev–Trinajstić information content (AvgIpc) is 2.12. The normalized spacial score (nSPS) is 13.7. The van der Waals surface area contributed by atoms with Crippen LogP contribution in [-0.2, 0) is 4.74 Å². The summed E-state index contributed by atoms with van der Waals surface area (Å²) in [5.41, 5.74) is 0.983. The Morgan fingerprint density at radius 1 is 0.944 bits per heavy atom. The van der Waals surface area contributed by atoms with E-state index < -0.39 is 0 Å². The van der Waals surface area contributed by atoms with E-state index in [1.54, 1.807) is 0 Å². The van der Waals surface area contributed by atoms with E-state index >= 15 is 0 Å². The molecule has 0 radical (unpaired) electrons. The Hall–Kier alpha value is -0.300. The molecule has 0 amide bonds. The van der Waals surface area contributed by atoms with Crippen molar-refractivity contribution in [3.63, 3.8) is 0 Å². The fourth-order valence-corrected chi connectivity index (χ4v) is 3.13. The Labute approximate surface area is 115 Å². The zero-order chi connectivity index (χ0) is 14.4. The molecule has 0 rings (SSSR count). The summed E-state index contributed by atoms with van der Waals surface area (Å²) < 4.78 is 5.81. The summed E-state index contributed by atoms with van der Waals surface area (Å²) in [4.78, 5) is 0. The molecule has 0 spiro atoms. The minimum absolute atomic E-state index is 0.291. The molecule has 0 aliphatic carbocycles. The molecule has 0 aromatic carbocycles. The lowest BCUT2D eigenvalue weighted by Gasteiger charge is -2.42. The number of rotatable bonds is 7. The van der Waals surface area contributed by atoms with E-state index in [1.807, 2.05) is 6.08 Å². The maximum atomic E-state index is 5.81. The van der Waals surface area contributed by atoms with Crippen LogP contribution in [0.4, 0.5) is 0 Å². The molecule has 0 aliphatic heterocycles. The first kappa shape index (κ1) is 17.7. The SMILES string of the molecule is C=CCOCC(CC)(CC(C)(C)C)CC(C)(C)C. The topological polar surface area (TPSA) is 9.23 Å². The second-order valence-electron chi connectivity index (χ2n) is 8.13. The number of hydrogen-bond acceptors (Lipinski definition) is 1. The van der Waals surface area contributed by atoms with Crippen LogP contribution >= 0.6 is 0 Å². The molecule has 1 nitrogen and oxygen atoms in total. The maximum absolute atomic E-state index is 5.81. The Kier molecular flexibility index (Phi) is 6.63. The van der Waals surface area contributed by atoms with E-state index in [2.05, 4.69) is 55.0 Å². The summed E-state index contributed by atoms with van der Waals surface area (Å²) in [6.07, 6.45) is 5.45. The fourth-order valence-electron chi connectivity index (χ4n) is 3.13. The van der Waals surface area contributed by atoms with Crippen LogP contribution < -0.4 is 0 Å². The smallest absolute Gasteiger partial charge is 0.0645 e. The molecular weight excluding hydrogens is 220 g/mol. The largest absolute Gasteiger partial charge is 0.377 e. The van der Waals surface area contributed by atoms with Crippen molar-refractivity contribution in [1.82, 2.24) is 0 Å². The molecule has 0 bridgehead atoms. The van der Waals surface area contributed by atoms with E-state index in [0.29, 0.717) is 22.9 Å². The number of hydrogen-bond donors (Lipinski definition) is 0.